The van der Waals surface area contributed by atoms with E-state index in [1.54, 1.807) is 0 Å². The lowest BCUT2D eigenvalue weighted by Gasteiger charge is -2.06. The number of hydrogen-bond acceptors (Lipinski definition) is 3. The summed E-state index contributed by atoms with van der Waals surface area (Å²) in [4.78, 5) is 0. The number of aliphatic hydroxyl groups is 2. The molecule has 54 valence electrons. The Labute approximate surface area is 54.7 Å². The molecule has 1 aliphatic carbocycles. The lowest BCUT2D eigenvalue weighted by atomic mass is 10.4. The standard InChI is InChI=1S/C6H13NO2/c8-4-6(9)3-7-5-1-2-5/h5-9H,1-4H2/t6-/m0/s1. The van der Waals surface area contributed by atoms with Gasteiger partial charge in [0.2, 0.25) is 0 Å². The zero-order valence-corrected chi connectivity index (χ0v) is 5.38. The van der Waals surface area contributed by atoms with Gasteiger partial charge in [0.05, 0.1) is 12.7 Å². The van der Waals surface area contributed by atoms with Crippen LogP contribution in [-0.4, -0.2) is 35.5 Å². The topological polar surface area (TPSA) is 52.5 Å². The number of aliphatic hydroxyl groups excluding tert-OH is 2. The van der Waals surface area contributed by atoms with Crippen molar-refractivity contribution in [1.82, 2.24) is 5.32 Å². The second-order valence-corrected chi connectivity index (χ2v) is 2.52. The highest BCUT2D eigenvalue weighted by Gasteiger charge is 2.20. The lowest BCUT2D eigenvalue weighted by molar-refractivity contribution is 0.0942. The van der Waals surface area contributed by atoms with Crippen molar-refractivity contribution in [2.75, 3.05) is 13.2 Å². The Bertz CT molecular complexity index is 83.1. The number of hydrogen-bond donors (Lipinski definition) is 3. The molecule has 0 aliphatic heterocycles. The Morgan fingerprint density at radius 2 is 2.22 bits per heavy atom. The number of nitrogens with one attached hydrogen (secondary N) is 1. The molecule has 1 aliphatic rings. The van der Waals surface area contributed by atoms with E-state index in [9.17, 15) is 0 Å². The SMILES string of the molecule is OC[C@@H](O)CNC1CC1. The van der Waals surface area contributed by atoms with Crippen LogP contribution in [-0.2, 0) is 0 Å². The maximum atomic E-state index is 8.82. The van der Waals surface area contributed by atoms with E-state index in [4.69, 9.17) is 10.2 Å². The molecule has 0 radical (unpaired) electrons. The molecule has 3 N–H and O–H groups in total. The summed E-state index contributed by atoms with van der Waals surface area (Å²) >= 11 is 0. The maximum absolute atomic E-state index is 8.82. The van der Waals surface area contributed by atoms with Gasteiger partial charge in [0, 0.05) is 12.6 Å². The van der Waals surface area contributed by atoms with E-state index in [0.717, 1.165) is 0 Å². The quantitative estimate of drug-likeness (QED) is 0.463. The number of rotatable bonds is 4. The second kappa shape index (κ2) is 3.15. The van der Waals surface area contributed by atoms with Gasteiger partial charge in [-0.05, 0) is 12.8 Å². The average molecular weight is 131 g/mol. The molecule has 0 amide bonds. The van der Waals surface area contributed by atoms with Crippen LogP contribution in [0.15, 0.2) is 0 Å². The summed E-state index contributed by atoms with van der Waals surface area (Å²) in [5.41, 5.74) is 0. The largest absolute Gasteiger partial charge is 0.394 e. The Balaban J connectivity index is 1.90. The van der Waals surface area contributed by atoms with E-state index >= 15 is 0 Å². The first-order valence-corrected chi connectivity index (χ1v) is 3.35. The van der Waals surface area contributed by atoms with Crippen molar-refractivity contribution in [2.24, 2.45) is 0 Å². The normalized spacial score (nSPS) is 22.0. The molecule has 0 heterocycles. The molecular formula is C6H13NO2. The van der Waals surface area contributed by atoms with E-state index in [2.05, 4.69) is 5.32 Å². The van der Waals surface area contributed by atoms with Crippen LogP contribution < -0.4 is 5.32 Å². The summed E-state index contributed by atoms with van der Waals surface area (Å²) < 4.78 is 0. The summed E-state index contributed by atoms with van der Waals surface area (Å²) in [6.07, 6.45) is 1.86. The zero-order chi connectivity index (χ0) is 6.69. The first-order chi connectivity index (χ1) is 4.33. The average Bonchev–Trinajstić information content (AvgIpc) is 2.65. The smallest absolute Gasteiger partial charge is 0.0895 e. The Morgan fingerprint density at radius 3 is 2.67 bits per heavy atom. The van der Waals surface area contributed by atoms with Crippen molar-refractivity contribution in [3.05, 3.63) is 0 Å². The van der Waals surface area contributed by atoms with Crippen molar-refractivity contribution in [3.8, 4) is 0 Å². The third-order valence-corrected chi connectivity index (χ3v) is 1.43. The minimum atomic E-state index is -0.578. The van der Waals surface area contributed by atoms with Crippen LogP contribution >= 0.6 is 0 Å². The van der Waals surface area contributed by atoms with Crippen LogP contribution in [0.3, 0.4) is 0 Å². The van der Waals surface area contributed by atoms with Gasteiger partial charge in [0.15, 0.2) is 0 Å². The molecule has 0 aromatic heterocycles. The van der Waals surface area contributed by atoms with Gasteiger partial charge in [-0.25, -0.2) is 0 Å². The molecule has 0 unspecified atom stereocenters. The molecule has 0 aromatic rings. The fourth-order valence-corrected chi connectivity index (χ4v) is 0.655. The van der Waals surface area contributed by atoms with Gasteiger partial charge in [-0.1, -0.05) is 0 Å². The van der Waals surface area contributed by atoms with Crippen molar-refractivity contribution in [3.63, 3.8) is 0 Å². The molecule has 0 spiro atoms. The van der Waals surface area contributed by atoms with E-state index in [0.29, 0.717) is 12.6 Å². The lowest BCUT2D eigenvalue weighted by Crippen LogP contribution is -2.30. The highest BCUT2D eigenvalue weighted by molar-refractivity contribution is 4.81. The minimum Gasteiger partial charge on any atom is -0.394 e. The third kappa shape index (κ3) is 2.79. The first-order valence-electron chi connectivity index (χ1n) is 3.35. The van der Waals surface area contributed by atoms with Crippen LogP contribution in [0.5, 0.6) is 0 Å². The summed E-state index contributed by atoms with van der Waals surface area (Å²) in [5.74, 6) is 0. The molecule has 9 heavy (non-hydrogen) atoms. The summed E-state index contributed by atoms with van der Waals surface area (Å²) in [6.45, 7) is 0.390. The minimum absolute atomic E-state index is 0.139. The van der Waals surface area contributed by atoms with Crippen molar-refractivity contribution >= 4 is 0 Å². The third-order valence-electron chi connectivity index (χ3n) is 1.43. The Hall–Kier alpha value is -0.120. The fraction of sp³-hybridized carbons (Fsp3) is 1.00. The molecule has 3 nitrogen and oxygen atoms in total. The fourth-order valence-electron chi connectivity index (χ4n) is 0.655. The van der Waals surface area contributed by atoms with Gasteiger partial charge >= 0.3 is 0 Å². The van der Waals surface area contributed by atoms with E-state index in [1.165, 1.54) is 12.8 Å². The molecule has 1 saturated carbocycles. The van der Waals surface area contributed by atoms with Gasteiger partial charge < -0.3 is 15.5 Å². The van der Waals surface area contributed by atoms with E-state index < -0.39 is 6.10 Å². The highest BCUT2D eigenvalue weighted by Crippen LogP contribution is 2.18. The molecule has 0 bridgehead atoms. The molecule has 1 atom stereocenters. The zero-order valence-electron chi connectivity index (χ0n) is 5.38. The van der Waals surface area contributed by atoms with Gasteiger partial charge in [0.1, 0.15) is 0 Å². The van der Waals surface area contributed by atoms with Crippen LogP contribution in [0.2, 0.25) is 0 Å². The second-order valence-electron chi connectivity index (χ2n) is 2.52. The van der Waals surface area contributed by atoms with Gasteiger partial charge in [-0.2, -0.15) is 0 Å². The van der Waals surface area contributed by atoms with Crippen molar-refractivity contribution in [1.29, 1.82) is 0 Å². The first kappa shape index (κ1) is 6.99. The monoisotopic (exact) mass is 131 g/mol. The van der Waals surface area contributed by atoms with Crippen LogP contribution in [0, 0.1) is 0 Å². The van der Waals surface area contributed by atoms with Crippen molar-refractivity contribution in [2.45, 2.75) is 25.0 Å². The molecular weight excluding hydrogens is 118 g/mol. The molecule has 0 aromatic carbocycles. The highest BCUT2D eigenvalue weighted by atomic mass is 16.3. The molecule has 0 saturated heterocycles. The van der Waals surface area contributed by atoms with E-state index in [1.807, 2.05) is 0 Å². The summed E-state index contributed by atoms with van der Waals surface area (Å²) in [5, 5.41) is 20.3. The van der Waals surface area contributed by atoms with Crippen molar-refractivity contribution < 1.29 is 10.2 Å². The van der Waals surface area contributed by atoms with Gasteiger partial charge in [0.25, 0.3) is 0 Å². The van der Waals surface area contributed by atoms with Crippen LogP contribution in [0.1, 0.15) is 12.8 Å². The molecule has 1 fully saturated rings. The summed E-state index contributed by atoms with van der Waals surface area (Å²) in [7, 11) is 0. The van der Waals surface area contributed by atoms with Crippen LogP contribution in [0.4, 0.5) is 0 Å². The Morgan fingerprint density at radius 1 is 1.56 bits per heavy atom. The van der Waals surface area contributed by atoms with Gasteiger partial charge in [-0.3, -0.25) is 0 Å². The Kier molecular flexibility index (Phi) is 2.45. The van der Waals surface area contributed by atoms with Gasteiger partial charge in [-0.15, -0.1) is 0 Å². The molecule has 3 heteroatoms. The predicted molar refractivity (Wildman–Crippen MR) is 34.1 cm³/mol. The van der Waals surface area contributed by atoms with Crippen LogP contribution in [0.25, 0.3) is 0 Å². The summed E-state index contributed by atoms with van der Waals surface area (Å²) in [6, 6.07) is 0.617. The van der Waals surface area contributed by atoms with E-state index in [-0.39, 0.29) is 6.61 Å². The molecule has 1 rings (SSSR count). The maximum Gasteiger partial charge on any atom is 0.0895 e. The predicted octanol–water partition coefficient (Wildman–Crippen LogP) is -0.908.